The molecule has 10 nitrogen and oxygen atoms in total. The summed E-state index contributed by atoms with van der Waals surface area (Å²) in [6.45, 7) is 3.29. The molecule has 1 fully saturated rings. The number of aryl methyl sites for hydroxylation is 1. The number of carbonyl (C=O) groups excluding carboxylic acids is 2. The quantitative estimate of drug-likeness (QED) is 0.578. The van der Waals surface area contributed by atoms with Gasteiger partial charge in [-0.2, -0.15) is 0 Å². The van der Waals surface area contributed by atoms with Gasteiger partial charge in [0, 0.05) is 36.4 Å². The number of rotatable bonds is 6. The molecule has 3 aromatic rings. The van der Waals surface area contributed by atoms with Crippen molar-refractivity contribution in [2.24, 2.45) is 5.92 Å². The highest BCUT2D eigenvalue weighted by molar-refractivity contribution is 7.16. The lowest BCUT2D eigenvalue weighted by Crippen LogP contribution is -2.52. The number of ether oxygens (including phenoxy) is 1. The fourth-order valence-electron chi connectivity index (χ4n) is 3.84. The van der Waals surface area contributed by atoms with E-state index in [4.69, 9.17) is 4.74 Å². The van der Waals surface area contributed by atoms with E-state index in [1.165, 1.54) is 17.7 Å². The minimum Gasteiger partial charge on any atom is -0.465 e. The highest BCUT2D eigenvalue weighted by atomic mass is 32.1. The minimum absolute atomic E-state index is 0.0692. The van der Waals surface area contributed by atoms with Gasteiger partial charge in [0.15, 0.2) is 5.13 Å². The maximum atomic E-state index is 12.7. The molecule has 1 amide bonds. The lowest BCUT2D eigenvalue weighted by Gasteiger charge is -2.38. The second kappa shape index (κ2) is 8.06. The molecule has 3 aromatic heterocycles. The van der Waals surface area contributed by atoms with Gasteiger partial charge in [0.25, 0.3) is 0 Å². The van der Waals surface area contributed by atoms with Gasteiger partial charge in [-0.05, 0) is 19.8 Å². The Morgan fingerprint density at radius 3 is 2.90 bits per heavy atom. The number of carbonyl (C=O) groups is 2. The Balaban J connectivity index is 1.19. The number of hydrogen-bond acceptors (Lipinski definition) is 9. The fourth-order valence-corrected chi connectivity index (χ4v) is 4.88. The molecule has 1 N–H and O–H groups in total. The molecule has 0 unspecified atom stereocenters. The monoisotopic (exact) mass is 439 g/mol. The van der Waals surface area contributed by atoms with Gasteiger partial charge in [0.2, 0.25) is 5.91 Å². The van der Waals surface area contributed by atoms with E-state index < -0.39 is 0 Å². The molecule has 0 saturated carbocycles. The number of aromatic nitrogens is 5. The summed E-state index contributed by atoms with van der Waals surface area (Å²) in [4.78, 5) is 45.0. The summed E-state index contributed by atoms with van der Waals surface area (Å²) < 4.78 is 6.95. The number of fused-ring (bicyclic) bond motifs is 1. The number of thiazole rings is 1. The van der Waals surface area contributed by atoms with Crippen LogP contribution in [-0.2, 0) is 20.7 Å². The van der Waals surface area contributed by atoms with Crippen molar-refractivity contribution in [3.05, 3.63) is 41.7 Å². The molecule has 0 bridgehead atoms. The van der Waals surface area contributed by atoms with E-state index in [1.54, 1.807) is 24.0 Å². The first-order valence-electron chi connectivity index (χ1n) is 10.1. The third-order valence-corrected chi connectivity index (χ3v) is 6.55. The van der Waals surface area contributed by atoms with Gasteiger partial charge in [-0.25, -0.2) is 19.9 Å². The first-order valence-corrected chi connectivity index (χ1v) is 11.0. The van der Waals surface area contributed by atoms with Gasteiger partial charge in [-0.15, -0.1) is 11.3 Å². The average Bonchev–Trinajstić information content (AvgIpc) is 3.44. The molecule has 4 heterocycles. The fraction of sp³-hybridized carbons (Fsp3) is 0.400. The van der Waals surface area contributed by atoms with E-state index in [1.807, 2.05) is 17.2 Å². The van der Waals surface area contributed by atoms with E-state index in [-0.39, 0.29) is 23.7 Å². The molecular formula is C20H21N7O3S. The maximum Gasteiger partial charge on any atom is 0.315 e. The van der Waals surface area contributed by atoms with Crippen LogP contribution in [0.2, 0.25) is 0 Å². The van der Waals surface area contributed by atoms with Crippen LogP contribution in [0.1, 0.15) is 29.8 Å². The standard InChI is InChI=1S/C20H21N7O3S/c1-2-30-19(29)13-3-4-14-17(13)24-20(31-14)25-18(28)12-8-27(9-12)16-7-15(22-10-23-16)26-6-5-21-11-26/h5-7,10-13H,2-4,8-9H2,1H3,(H,24,25,28)/t13-/m1/s1. The Kier molecular flexibility index (Phi) is 5.10. The Hall–Kier alpha value is -3.34. The summed E-state index contributed by atoms with van der Waals surface area (Å²) in [5, 5.41) is 3.46. The molecule has 0 radical (unpaired) electrons. The Morgan fingerprint density at radius 2 is 2.13 bits per heavy atom. The summed E-state index contributed by atoms with van der Waals surface area (Å²) in [5.41, 5.74) is 0.752. The van der Waals surface area contributed by atoms with E-state index in [9.17, 15) is 9.59 Å². The molecule has 2 aliphatic rings. The molecule has 1 atom stereocenters. The summed E-state index contributed by atoms with van der Waals surface area (Å²) in [7, 11) is 0. The zero-order valence-electron chi connectivity index (χ0n) is 16.9. The summed E-state index contributed by atoms with van der Waals surface area (Å²) in [6, 6.07) is 1.87. The Morgan fingerprint density at radius 1 is 1.29 bits per heavy atom. The molecule has 5 rings (SSSR count). The van der Waals surface area contributed by atoms with Crippen LogP contribution in [0.4, 0.5) is 10.9 Å². The van der Waals surface area contributed by atoms with Crippen LogP contribution in [0.15, 0.2) is 31.1 Å². The lowest BCUT2D eigenvalue weighted by molar-refractivity contribution is -0.145. The molecule has 160 valence electrons. The van der Waals surface area contributed by atoms with Crippen LogP contribution >= 0.6 is 11.3 Å². The van der Waals surface area contributed by atoms with Crippen LogP contribution < -0.4 is 10.2 Å². The van der Waals surface area contributed by atoms with Crippen molar-refractivity contribution in [3.63, 3.8) is 0 Å². The molecule has 31 heavy (non-hydrogen) atoms. The molecule has 1 aliphatic heterocycles. The number of amides is 1. The molecular weight excluding hydrogens is 418 g/mol. The van der Waals surface area contributed by atoms with Gasteiger partial charge in [-0.3, -0.25) is 14.2 Å². The van der Waals surface area contributed by atoms with Crippen molar-refractivity contribution in [2.75, 3.05) is 29.9 Å². The number of nitrogens with one attached hydrogen (secondary N) is 1. The van der Waals surface area contributed by atoms with Crippen LogP contribution in [0.5, 0.6) is 0 Å². The van der Waals surface area contributed by atoms with E-state index in [0.717, 1.165) is 35.0 Å². The SMILES string of the molecule is CCOC(=O)[C@@H]1CCc2sc(NC(=O)C3CN(c4cc(-n5ccnc5)ncn4)C3)nc21. The van der Waals surface area contributed by atoms with E-state index in [0.29, 0.717) is 24.8 Å². The van der Waals surface area contributed by atoms with Crippen LogP contribution in [0.25, 0.3) is 5.82 Å². The smallest absolute Gasteiger partial charge is 0.315 e. The summed E-state index contributed by atoms with van der Waals surface area (Å²) in [6.07, 6.45) is 8.20. The average molecular weight is 440 g/mol. The number of hydrogen-bond donors (Lipinski definition) is 1. The molecule has 0 aromatic carbocycles. The second-order valence-corrected chi connectivity index (χ2v) is 8.55. The topological polar surface area (TPSA) is 115 Å². The van der Waals surface area contributed by atoms with Crippen molar-refractivity contribution in [1.82, 2.24) is 24.5 Å². The molecule has 0 spiro atoms. The van der Waals surface area contributed by atoms with Gasteiger partial charge in [-0.1, -0.05) is 0 Å². The van der Waals surface area contributed by atoms with Crippen LogP contribution in [0.3, 0.4) is 0 Å². The van der Waals surface area contributed by atoms with E-state index in [2.05, 4.69) is 25.3 Å². The van der Waals surface area contributed by atoms with Crippen molar-refractivity contribution < 1.29 is 14.3 Å². The zero-order chi connectivity index (χ0) is 21.4. The third kappa shape index (κ3) is 3.76. The molecule has 11 heteroatoms. The van der Waals surface area contributed by atoms with Crippen molar-refractivity contribution in [2.45, 2.75) is 25.7 Å². The summed E-state index contributed by atoms with van der Waals surface area (Å²) >= 11 is 1.45. The lowest BCUT2D eigenvalue weighted by atomic mass is 9.99. The predicted molar refractivity (Wildman–Crippen MR) is 113 cm³/mol. The highest BCUT2D eigenvalue weighted by Gasteiger charge is 2.36. The zero-order valence-corrected chi connectivity index (χ0v) is 17.7. The van der Waals surface area contributed by atoms with Gasteiger partial charge in [0.05, 0.1) is 18.2 Å². The normalized spacial score (nSPS) is 17.8. The highest BCUT2D eigenvalue weighted by Crippen LogP contribution is 2.39. The van der Waals surface area contributed by atoms with Crippen molar-refractivity contribution in [3.8, 4) is 5.82 Å². The predicted octanol–water partition coefficient (Wildman–Crippen LogP) is 1.79. The van der Waals surface area contributed by atoms with Gasteiger partial charge in [0.1, 0.15) is 30.2 Å². The minimum atomic E-state index is -0.321. The van der Waals surface area contributed by atoms with Crippen molar-refractivity contribution >= 4 is 34.2 Å². The number of nitrogens with zero attached hydrogens (tertiary/aromatic N) is 6. The largest absolute Gasteiger partial charge is 0.465 e. The number of imidazole rings is 1. The van der Waals surface area contributed by atoms with Crippen molar-refractivity contribution in [1.29, 1.82) is 0 Å². The molecule has 1 aliphatic carbocycles. The summed E-state index contributed by atoms with van der Waals surface area (Å²) in [5.74, 6) is 0.723. The van der Waals surface area contributed by atoms with Crippen LogP contribution in [0, 0.1) is 5.92 Å². The van der Waals surface area contributed by atoms with Gasteiger partial charge >= 0.3 is 5.97 Å². The Labute approximate surface area is 182 Å². The van der Waals surface area contributed by atoms with Gasteiger partial charge < -0.3 is 15.0 Å². The first kappa shape index (κ1) is 19.6. The maximum absolute atomic E-state index is 12.7. The number of esters is 1. The third-order valence-electron chi connectivity index (χ3n) is 5.50. The number of anilines is 2. The van der Waals surface area contributed by atoms with E-state index >= 15 is 0 Å². The molecule has 1 saturated heterocycles. The first-order chi connectivity index (χ1) is 15.1. The van der Waals surface area contributed by atoms with Crippen LogP contribution in [-0.4, -0.2) is 56.1 Å². The Bertz CT molecular complexity index is 1110. The second-order valence-electron chi connectivity index (χ2n) is 7.47.